The number of amides is 1. The number of carbonyl (C=O) groups excluding carboxylic acids is 1. The van der Waals surface area contributed by atoms with E-state index >= 15 is 0 Å². The quantitative estimate of drug-likeness (QED) is 0.360. The molecular weight excluding hydrogens is 402 g/mol. The third-order valence-electron chi connectivity index (χ3n) is 4.99. The van der Waals surface area contributed by atoms with E-state index in [0.29, 0.717) is 28.2 Å². The normalized spacial score (nSPS) is 11.2. The Hall–Kier alpha value is -4.47. The van der Waals surface area contributed by atoms with Gasteiger partial charge in [0.1, 0.15) is 11.5 Å². The minimum atomic E-state index is -1.91. The summed E-state index contributed by atoms with van der Waals surface area (Å²) in [5, 5.41) is 24.3. The Morgan fingerprint density at radius 1 is 0.906 bits per heavy atom. The van der Waals surface area contributed by atoms with Crippen molar-refractivity contribution in [1.82, 2.24) is 5.43 Å². The summed E-state index contributed by atoms with van der Waals surface area (Å²) in [6, 6.07) is 30.0. The molecule has 0 aliphatic heterocycles. The summed E-state index contributed by atoms with van der Waals surface area (Å²) in [4.78, 5) is 13.0. The molecule has 32 heavy (non-hydrogen) atoms. The molecule has 1 heterocycles. The van der Waals surface area contributed by atoms with Crippen LogP contribution in [0.3, 0.4) is 0 Å². The third-order valence-corrected chi connectivity index (χ3v) is 4.99. The Morgan fingerprint density at radius 3 is 2.06 bits per heavy atom. The summed E-state index contributed by atoms with van der Waals surface area (Å²) in [7, 11) is 0. The second-order valence-corrected chi connectivity index (χ2v) is 7.03. The summed E-state index contributed by atoms with van der Waals surface area (Å²) >= 11 is 0. The van der Waals surface area contributed by atoms with Crippen LogP contribution in [0.2, 0.25) is 0 Å². The van der Waals surface area contributed by atoms with Gasteiger partial charge < -0.3 is 9.52 Å². The van der Waals surface area contributed by atoms with Gasteiger partial charge in [0.05, 0.1) is 17.8 Å². The summed E-state index contributed by atoms with van der Waals surface area (Å²) in [6.07, 6.45) is 1.36. The van der Waals surface area contributed by atoms with Crippen molar-refractivity contribution in [1.29, 1.82) is 5.26 Å². The lowest BCUT2D eigenvalue weighted by molar-refractivity contribution is -0.136. The van der Waals surface area contributed by atoms with Crippen LogP contribution < -0.4 is 5.43 Å². The van der Waals surface area contributed by atoms with Crippen molar-refractivity contribution in [3.63, 3.8) is 0 Å². The average Bonchev–Trinajstić information content (AvgIpc) is 3.33. The maximum atomic E-state index is 13.0. The molecule has 0 fully saturated rings. The molecule has 0 unspecified atom stereocenters. The van der Waals surface area contributed by atoms with Crippen LogP contribution >= 0.6 is 0 Å². The lowest BCUT2D eigenvalue weighted by Gasteiger charge is -2.26. The molecule has 156 valence electrons. The molecule has 1 amide bonds. The summed E-state index contributed by atoms with van der Waals surface area (Å²) in [5.41, 5.74) is 2.75. The van der Waals surface area contributed by atoms with Gasteiger partial charge in [-0.1, -0.05) is 60.7 Å². The second kappa shape index (κ2) is 9.13. The zero-order chi connectivity index (χ0) is 22.4. The predicted octanol–water partition coefficient (Wildman–Crippen LogP) is 4.20. The van der Waals surface area contributed by atoms with Gasteiger partial charge in [-0.05, 0) is 47.5 Å². The van der Waals surface area contributed by atoms with Gasteiger partial charge in [0.2, 0.25) is 0 Å². The Bertz CT molecular complexity index is 1230. The van der Waals surface area contributed by atoms with Gasteiger partial charge >= 0.3 is 0 Å². The van der Waals surface area contributed by atoms with Crippen LogP contribution in [0.4, 0.5) is 0 Å². The fraction of sp³-hybridized carbons (Fsp3) is 0.0385. The zero-order valence-corrected chi connectivity index (χ0v) is 17.0. The smallest absolute Gasteiger partial charge is 0.281 e. The fourth-order valence-corrected chi connectivity index (χ4v) is 3.31. The van der Waals surface area contributed by atoms with Crippen molar-refractivity contribution in [2.45, 2.75) is 5.60 Å². The molecule has 4 aromatic rings. The molecule has 0 atom stereocenters. The Kier molecular flexibility index (Phi) is 5.93. The first-order valence-corrected chi connectivity index (χ1v) is 9.88. The van der Waals surface area contributed by atoms with Gasteiger partial charge in [-0.15, -0.1) is 0 Å². The van der Waals surface area contributed by atoms with E-state index in [9.17, 15) is 9.90 Å². The van der Waals surface area contributed by atoms with E-state index in [-0.39, 0.29) is 0 Å². The molecule has 0 saturated heterocycles. The highest BCUT2D eigenvalue weighted by atomic mass is 16.3. The molecule has 0 saturated carbocycles. The van der Waals surface area contributed by atoms with Crippen LogP contribution in [0.5, 0.6) is 0 Å². The van der Waals surface area contributed by atoms with E-state index in [2.05, 4.69) is 16.6 Å². The topological polar surface area (TPSA) is 98.6 Å². The minimum Gasteiger partial charge on any atom is -0.455 e. The van der Waals surface area contributed by atoms with Crippen molar-refractivity contribution in [2.75, 3.05) is 0 Å². The lowest BCUT2D eigenvalue weighted by atomic mass is 9.85. The van der Waals surface area contributed by atoms with Gasteiger partial charge in [-0.25, -0.2) is 5.43 Å². The van der Waals surface area contributed by atoms with Crippen LogP contribution in [-0.2, 0) is 10.4 Å². The first kappa shape index (κ1) is 20.8. The molecule has 6 heteroatoms. The Labute approximate surface area is 185 Å². The highest BCUT2D eigenvalue weighted by molar-refractivity contribution is 5.91. The number of hydrogen-bond donors (Lipinski definition) is 2. The van der Waals surface area contributed by atoms with Gasteiger partial charge in [0.25, 0.3) is 5.91 Å². The van der Waals surface area contributed by atoms with Gasteiger partial charge in [0, 0.05) is 5.56 Å². The average molecular weight is 421 g/mol. The van der Waals surface area contributed by atoms with Crippen molar-refractivity contribution < 1.29 is 14.3 Å². The van der Waals surface area contributed by atoms with Crippen LogP contribution in [0, 0.1) is 11.3 Å². The second-order valence-electron chi connectivity index (χ2n) is 7.03. The number of carbonyl (C=O) groups is 1. The van der Waals surface area contributed by atoms with E-state index in [1.807, 2.05) is 12.1 Å². The molecular formula is C26H19N3O3. The van der Waals surface area contributed by atoms with Crippen LogP contribution in [-0.4, -0.2) is 17.2 Å². The number of nitriles is 1. The number of nitrogens with zero attached hydrogens (tertiary/aromatic N) is 2. The number of benzene rings is 3. The van der Waals surface area contributed by atoms with E-state index in [1.165, 1.54) is 6.21 Å². The van der Waals surface area contributed by atoms with Crippen molar-refractivity contribution in [3.8, 4) is 17.4 Å². The number of furan rings is 1. The summed E-state index contributed by atoms with van der Waals surface area (Å²) in [6.45, 7) is 0. The van der Waals surface area contributed by atoms with E-state index in [1.54, 1.807) is 84.9 Å². The standard InChI is InChI=1S/C26H19N3O3/c27-17-19-11-13-20(14-12-19)24-16-15-23(32-24)18-28-29-25(30)26(31,21-7-3-1-4-8-21)22-9-5-2-6-10-22/h1-16,18,31H,(H,29,30). The fourth-order valence-electron chi connectivity index (χ4n) is 3.31. The maximum absolute atomic E-state index is 13.0. The largest absolute Gasteiger partial charge is 0.455 e. The van der Waals surface area contributed by atoms with Crippen LogP contribution in [0.1, 0.15) is 22.5 Å². The van der Waals surface area contributed by atoms with Gasteiger partial charge in [-0.3, -0.25) is 4.79 Å². The monoisotopic (exact) mass is 421 g/mol. The third kappa shape index (κ3) is 4.19. The molecule has 4 rings (SSSR count). The van der Waals surface area contributed by atoms with E-state index < -0.39 is 11.5 Å². The predicted molar refractivity (Wildman–Crippen MR) is 120 cm³/mol. The SMILES string of the molecule is N#Cc1ccc(-c2ccc(C=NNC(=O)C(O)(c3ccccc3)c3ccccc3)o2)cc1. The summed E-state index contributed by atoms with van der Waals surface area (Å²) in [5.74, 6) is 0.338. The molecule has 0 aliphatic rings. The summed E-state index contributed by atoms with van der Waals surface area (Å²) < 4.78 is 5.73. The van der Waals surface area contributed by atoms with Crippen molar-refractivity contribution in [3.05, 3.63) is 120 Å². The maximum Gasteiger partial charge on any atom is 0.281 e. The van der Waals surface area contributed by atoms with Crippen LogP contribution in [0.15, 0.2) is 107 Å². The molecule has 2 N–H and O–H groups in total. The molecule has 3 aromatic carbocycles. The highest BCUT2D eigenvalue weighted by Crippen LogP contribution is 2.30. The number of hydrazone groups is 1. The Balaban J connectivity index is 1.53. The lowest BCUT2D eigenvalue weighted by Crippen LogP contribution is -2.43. The van der Waals surface area contributed by atoms with Gasteiger partial charge in [0.15, 0.2) is 5.60 Å². The van der Waals surface area contributed by atoms with Crippen molar-refractivity contribution >= 4 is 12.1 Å². The minimum absolute atomic E-state index is 0.424. The van der Waals surface area contributed by atoms with Gasteiger partial charge in [-0.2, -0.15) is 10.4 Å². The number of hydrogen-bond acceptors (Lipinski definition) is 5. The first-order chi connectivity index (χ1) is 15.6. The first-order valence-electron chi connectivity index (χ1n) is 9.88. The number of aliphatic hydroxyl groups is 1. The van der Waals surface area contributed by atoms with Crippen LogP contribution in [0.25, 0.3) is 11.3 Å². The molecule has 0 bridgehead atoms. The molecule has 0 radical (unpaired) electrons. The molecule has 0 aliphatic carbocycles. The number of nitrogens with one attached hydrogen (secondary N) is 1. The zero-order valence-electron chi connectivity index (χ0n) is 17.0. The molecule has 6 nitrogen and oxygen atoms in total. The Morgan fingerprint density at radius 2 is 1.50 bits per heavy atom. The number of rotatable bonds is 6. The highest BCUT2D eigenvalue weighted by Gasteiger charge is 2.39. The molecule has 0 spiro atoms. The van der Waals surface area contributed by atoms with Crippen molar-refractivity contribution in [2.24, 2.45) is 5.10 Å². The van der Waals surface area contributed by atoms with E-state index in [4.69, 9.17) is 9.68 Å². The van der Waals surface area contributed by atoms with E-state index in [0.717, 1.165) is 5.56 Å². The molecule has 1 aromatic heterocycles.